The number of hydrogen-bond donors (Lipinski definition) is 1. The summed E-state index contributed by atoms with van der Waals surface area (Å²) in [6.07, 6.45) is -2.36. The molecule has 0 aromatic heterocycles. The van der Waals surface area contributed by atoms with Crippen molar-refractivity contribution in [3.05, 3.63) is 35.9 Å². The van der Waals surface area contributed by atoms with Crippen molar-refractivity contribution in [1.29, 1.82) is 0 Å². The van der Waals surface area contributed by atoms with Crippen molar-refractivity contribution < 1.29 is 19.0 Å². The Balaban J connectivity index is 1.96. The molecule has 3 nitrogen and oxygen atoms in total. The lowest BCUT2D eigenvalue weighted by molar-refractivity contribution is -0.176. The van der Waals surface area contributed by atoms with Gasteiger partial charge in [-0.25, -0.2) is 4.39 Å². The molecule has 0 aliphatic carbocycles. The van der Waals surface area contributed by atoms with E-state index in [1.54, 1.807) is 6.92 Å². The minimum atomic E-state index is -1.10. The van der Waals surface area contributed by atoms with E-state index in [-0.39, 0.29) is 12.5 Å². The summed E-state index contributed by atoms with van der Waals surface area (Å²) in [5.41, 5.74) is 0.986. The van der Waals surface area contributed by atoms with Crippen LogP contribution in [0.4, 0.5) is 4.39 Å². The molecule has 1 saturated heterocycles. The fraction of sp³-hybridized carbons (Fsp3) is 0.571. The summed E-state index contributed by atoms with van der Waals surface area (Å²) in [5.74, 6) is -0.200. The van der Waals surface area contributed by atoms with Crippen LogP contribution in [-0.2, 0) is 16.1 Å². The third kappa shape index (κ3) is 3.07. The van der Waals surface area contributed by atoms with E-state index >= 15 is 0 Å². The molecule has 1 aromatic carbocycles. The first-order valence-electron chi connectivity index (χ1n) is 6.24. The van der Waals surface area contributed by atoms with Crippen LogP contribution in [-0.4, -0.2) is 36.7 Å². The Hall–Kier alpha value is -0.970. The van der Waals surface area contributed by atoms with Gasteiger partial charge in [0.1, 0.15) is 18.4 Å². The number of ether oxygens (including phenoxy) is 2. The van der Waals surface area contributed by atoms with Crippen molar-refractivity contribution >= 4 is 0 Å². The normalized spacial score (nSPS) is 32.4. The molecule has 1 heterocycles. The summed E-state index contributed by atoms with van der Waals surface area (Å²) < 4.78 is 25.1. The van der Waals surface area contributed by atoms with Crippen LogP contribution in [0.15, 0.2) is 30.3 Å². The Labute approximate surface area is 107 Å². The molecular formula is C14H19FO3. The average Bonchev–Trinajstić information content (AvgIpc) is 2.41. The third-order valence-electron chi connectivity index (χ3n) is 3.26. The minimum absolute atomic E-state index is 0.200. The predicted molar refractivity (Wildman–Crippen MR) is 65.9 cm³/mol. The summed E-state index contributed by atoms with van der Waals surface area (Å²) in [7, 11) is 0. The summed E-state index contributed by atoms with van der Waals surface area (Å²) in [6, 6.07) is 9.59. The maximum Gasteiger partial charge on any atom is 0.134 e. The van der Waals surface area contributed by atoms with Gasteiger partial charge in [-0.2, -0.15) is 0 Å². The topological polar surface area (TPSA) is 38.7 Å². The first kappa shape index (κ1) is 13.5. The molecule has 0 radical (unpaired) electrons. The zero-order valence-electron chi connectivity index (χ0n) is 10.5. The van der Waals surface area contributed by atoms with E-state index in [1.165, 1.54) is 0 Å². The fourth-order valence-corrected chi connectivity index (χ4v) is 2.11. The third-order valence-corrected chi connectivity index (χ3v) is 3.26. The highest BCUT2D eigenvalue weighted by atomic mass is 19.1. The summed E-state index contributed by atoms with van der Waals surface area (Å²) in [4.78, 5) is 0. The highest BCUT2D eigenvalue weighted by Gasteiger charge is 2.39. The number of aliphatic hydroxyl groups excluding tert-OH is 1. The Bertz CT molecular complexity index is 355. The summed E-state index contributed by atoms with van der Waals surface area (Å²) in [5, 5.41) is 9.19. The maximum atomic E-state index is 14.1. The lowest BCUT2D eigenvalue weighted by atomic mass is 9.95. The van der Waals surface area contributed by atoms with Gasteiger partial charge < -0.3 is 14.6 Å². The van der Waals surface area contributed by atoms with E-state index in [2.05, 4.69) is 0 Å². The maximum absolute atomic E-state index is 14.1. The molecule has 4 atom stereocenters. The molecule has 4 heteroatoms. The highest BCUT2D eigenvalue weighted by molar-refractivity contribution is 5.13. The molecular weight excluding hydrogens is 235 g/mol. The van der Waals surface area contributed by atoms with Gasteiger partial charge in [-0.15, -0.1) is 0 Å². The van der Waals surface area contributed by atoms with Crippen LogP contribution < -0.4 is 0 Å². The second-order valence-electron chi connectivity index (χ2n) is 4.74. The first-order valence-corrected chi connectivity index (χ1v) is 6.24. The zero-order valence-corrected chi connectivity index (χ0v) is 10.5. The van der Waals surface area contributed by atoms with E-state index in [0.717, 1.165) is 5.56 Å². The van der Waals surface area contributed by atoms with Gasteiger partial charge in [-0.1, -0.05) is 37.3 Å². The van der Waals surface area contributed by atoms with Gasteiger partial charge in [-0.3, -0.25) is 0 Å². The summed E-state index contributed by atoms with van der Waals surface area (Å²) >= 11 is 0. The van der Waals surface area contributed by atoms with Crippen molar-refractivity contribution in [3.63, 3.8) is 0 Å². The van der Waals surface area contributed by atoms with Gasteiger partial charge in [0.25, 0.3) is 0 Å². The molecule has 1 N–H and O–H groups in total. The van der Waals surface area contributed by atoms with Crippen LogP contribution in [0.1, 0.15) is 12.5 Å². The van der Waals surface area contributed by atoms with Gasteiger partial charge >= 0.3 is 0 Å². The Morgan fingerprint density at radius 1 is 1.39 bits per heavy atom. The monoisotopic (exact) mass is 254 g/mol. The van der Waals surface area contributed by atoms with Crippen LogP contribution in [0.3, 0.4) is 0 Å². The van der Waals surface area contributed by atoms with Crippen molar-refractivity contribution in [1.82, 2.24) is 0 Å². The lowest BCUT2D eigenvalue weighted by Crippen LogP contribution is -2.50. The van der Waals surface area contributed by atoms with Crippen molar-refractivity contribution in [2.24, 2.45) is 5.92 Å². The number of aliphatic hydroxyl groups is 1. The first-order chi connectivity index (χ1) is 8.72. The van der Waals surface area contributed by atoms with Gasteiger partial charge in [-0.05, 0) is 5.56 Å². The molecule has 0 bridgehead atoms. The molecule has 2 rings (SSSR count). The molecule has 1 fully saturated rings. The quantitative estimate of drug-likeness (QED) is 0.892. The largest absolute Gasteiger partial charge is 0.394 e. The van der Waals surface area contributed by atoms with Crippen LogP contribution in [0.5, 0.6) is 0 Å². The molecule has 18 heavy (non-hydrogen) atoms. The average molecular weight is 254 g/mol. The standard InChI is InChI=1S/C14H19FO3/c1-10-8-17-12(7-16)14(13(10)15)18-9-11-5-3-2-4-6-11/h2-6,10,12-14,16H,7-9H2,1H3/t10-,12+,13-,14?/m0/s1. The number of benzene rings is 1. The second kappa shape index (κ2) is 6.27. The van der Waals surface area contributed by atoms with Gasteiger partial charge in [0.15, 0.2) is 0 Å². The minimum Gasteiger partial charge on any atom is -0.394 e. The number of halogens is 1. The molecule has 0 amide bonds. The lowest BCUT2D eigenvalue weighted by Gasteiger charge is -2.36. The SMILES string of the molecule is C[C@H]1CO[C@H](CO)C(OCc2ccccc2)[C@H]1F. The molecule has 1 aliphatic heterocycles. The Morgan fingerprint density at radius 3 is 2.78 bits per heavy atom. The van der Waals surface area contributed by atoms with E-state index < -0.39 is 18.4 Å². The van der Waals surface area contributed by atoms with E-state index in [0.29, 0.717) is 13.2 Å². The number of alkyl halides is 1. The van der Waals surface area contributed by atoms with Crippen molar-refractivity contribution in [3.8, 4) is 0 Å². The summed E-state index contributed by atoms with van der Waals surface area (Å²) in [6.45, 7) is 2.24. The van der Waals surface area contributed by atoms with Crippen LogP contribution in [0, 0.1) is 5.92 Å². The molecule has 1 unspecified atom stereocenters. The van der Waals surface area contributed by atoms with Crippen LogP contribution >= 0.6 is 0 Å². The predicted octanol–water partition coefficient (Wildman–Crippen LogP) is 1.94. The van der Waals surface area contributed by atoms with Gasteiger partial charge in [0.05, 0.1) is 19.8 Å². The molecule has 0 spiro atoms. The zero-order chi connectivity index (χ0) is 13.0. The molecule has 1 aromatic rings. The fourth-order valence-electron chi connectivity index (χ4n) is 2.11. The Kier molecular flexibility index (Phi) is 4.69. The molecule has 1 aliphatic rings. The van der Waals surface area contributed by atoms with E-state index in [9.17, 15) is 9.50 Å². The smallest absolute Gasteiger partial charge is 0.134 e. The second-order valence-corrected chi connectivity index (χ2v) is 4.74. The Morgan fingerprint density at radius 2 is 2.11 bits per heavy atom. The number of hydrogen-bond acceptors (Lipinski definition) is 3. The highest BCUT2D eigenvalue weighted by Crippen LogP contribution is 2.26. The van der Waals surface area contributed by atoms with E-state index in [4.69, 9.17) is 9.47 Å². The van der Waals surface area contributed by atoms with Gasteiger partial charge in [0, 0.05) is 5.92 Å². The van der Waals surface area contributed by atoms with E-state index in [1.807, 2.05) is 30.3 Å². The van der Waals surface area contributed by atoms with Crippen LogP contribution in [0.25, 0.3) is 0 Å². The molecule has 100 valence electrons. The van der Waals surface area contributed by atoms with Crippen molar-refractivity contribution in [2.75, 3.05) is 13.2 Å². The number of rotatable bonds is 4. The van der Waals surface area contributed by atoms with Gasteiger partial charge in [0.2, 0.25) is 0 Å². The van der Waals surface area contributed by atoms with Crippen LogP contribution in [0.2, 0.25) is 0 Å². The molecule has 0 saturated carbocycles. The van der Waals surface area contributed by atoms with Crippen molar-refractivity contribution in [2.45, 2.75) is 31.9 Å².